The van der Waals surface area contributed by atoms with Crippen molar-refractivity contribution in [1.29, 1.82) is 0 Å². The minimum Gasteiger partial charge on any atom is -0.344 e. The molecule has 23 heavy (non-hydrogen) atoms. The second-order valence-electron chi connectivity index (χ2n) is 5.15. The van der Waals surface area contributed by atoms with E-state index in [1.54, 1.807) is 5.32 Å². The molecule has 7 nitrogen and oxygen atoms in total. The van der Waals surface area contributed by atoms with Crippen molar-refractivity contribution in [2.24, 2.45) is 7.05 Å². The Morgan fingerprint density at radius 3 is 2.52 bits per heavy atom. The van der Waals surface area contributed by atoms with Crippen LogP contribution in [-0.4, -0.2) is 53.7 Å². The van der Waals surface area contributed by atoms with E-state index < -0.39 is 28.1 Å². The maximum absolute atomic E-state index is 12.6. The number of halogens is 4. The van der Waals surface area contributed by atoms with Crippen molar-refractivity contribution in [2.45, 2.75) is 30.5 Å². The minimum atomic E-state index is -5.00. The lowest BCUT2D eigenvalue weighted by atomic mass is 10.2. The number of nitrogens with one attached hydrogen (secondary N) is 1. The molecule has 12 heteroatoms. The lowest BCUT2D eigenvalue weighted by molar-refractivity contribution is -0.174. The van der Waals surface area contributed by atoms with E-state index in [-0.39, 0.29) is 35.3 Å². The highest BCUT2D eigenvalue weighted by molar-refractivity contribution is 7.89. The summed E-state index contributed by atoms with van der Waals surface area (Å²) < 4.78 is 64.0. The Balaban J connectivity index is 2.16. The summed E-state index contributed by atoms with van der Waals surface area (Å²) in [5.74, 6) is -2.09. The molecule has 1 aromatic heterocycles. The van der Waals surface area contributed by atoms with Gasteiger partial charge in [0.15, 0.2) is 0 Å². The van der Waals surface area contributed by atoms with E-state index in [0.29, 0.717) is 0 Å². The van der Waals surface area contributed by atoms with Gasteiger partial charge in [-0.15, -0.1) is 0 Å². The fraction of sp³-hybridized carbons (Fsp3) is 0.636. The lowest BCUT2D eigenvalue weighted by Gasteiger charge is -2.17. The van der Waals surface area contributed by atoms with Crippen LogP contribution in [0.3, 0.4) is 0 Å². The van der Waals surface area contributed by atoms with E-state index in [9.17, 15) is 26.4 Å². The number of alkyl halides is 3. The molecule has 0 aliphatic carbocycles. The zero-order chi connectivity index (χ0) is 17.6. The molecule has 2 heterocycles. The molecule has 0 saturated carbocycles. The molecule has 1 aliphatic heterocycles. The van der Waals surface area contributed by atoms with Crippen LogP contribution in [0.25, 0.3) is 0 Å². The van der Waals surface area contributed by atoms with Crippen molar-refractivity contribution in [3.63, 3.8) is 0 Å². The first kappa shape index (κ1) is 18.0. The Labute approximate surface area is 135 Å². The van der Waals surface area contributed by atoms with Crippen LogP contribution in [0.5, 0.6) is 0 Å². The smallest absolute Gasteiger partial charge is 0.344 e. The van der Waals surface area contributed by atoms with Crippen LogP contribution >= 0.6 is 11.6 Å². The molecule has 130 valence electrons. The SMILES string of the molecule is Cc1nn(C)c(Cl)c1S(=O)(=O)N1CCC(NC(=O)C(F)(F)F)C1. The highest BCUT2D eigenvalue weighted by Crippen LogP contribution is 2.29. The molecule has 1 atom stereocenters. The predicted molar refractivity (Wildman–Crippen MR) is 74.3 cm³/mol. The van der Waals surface area contributed by atoms with Gasteiger partial charge in [0, 0.05) is 26.2 Å². The quantitative estimate of drug-likeness (QED) is 0.849. The van der Waals surface area contributed by atoms with Crippen molar-refractivity contribution >= 4 is 27.5 Å². The van der Waals surface area contributed by atoms with Gasteiger partial charge in [-0.1, -0.05) is 11.6 Å². The number of hydrogen-bond donors (Lipinski definition) is 1. The molecule has 1 N–H and O–H groups in total. The molecule has 2 rings (SSSR count). The summed E-state index contributed by atoms with van der Waals surface area (Å²) in [5, 5.41) is 5.61. The normalized spacial score (nSPS) is 20.0. The number of carbonyl (C=O) groups is 1. The largest absolute Gasteiger partial charge is 0.471 e. The second-order valence-corrected chi connectivity index (χ2v) is 7.38. The van der Waals surface area contributed by atoms with Crippen molar-refractivity contribution in [3.8, 4) is 0 Å². The molecule has 1 fully saturated rings. The molecule has 1 saturated heterocycles. The van der Waals surface area contributed by atoms with Gasteiger partial charge >= 0.3 is 12.1 Å². The average molecular weight is 375 g/mol. The van der Waals surface area contributed by atoms with Gasteiger partial charge in [0.1, 0.15) is 10.0 Å². The zero-order valence-electron chi connectivity index (χ0n) is 12.2. The molecule has 1 unspecified atom stereocenters. The van der Waals surface area contributed by atoms with Crippen molar-refractivity contribution < 1.29 is 26.4 Å². The first-order valence-electron chi connectivity index (χ1n) is 6.51. The molecule has 1 aliphatic rings. The number of aromatic nitrogens is 2. The third-order valence-corrected chi connectivity index (χ3v) is 6.00. The summed E-state index contributed by atoms with van der Waals surface area (Å²) >= 11 is 5.93. The summed E-state index contributed by atoms with van der Waals surface area (Å²) in [7, 11) is -2.52. The van der Waals surface area contributed by atoms with E-state index >= 15 is 0 Å². The monoisotopic (exact) mass is 374 g/mol. The van der Waals surface area contributed by atoms with Crippen LogP contribution in [0.2, 0.25) is 5.15 Å². The highest BCUT2D eigenvalue weighted by atomic mass is 35.5. The fourth-order valence-corrected chi connectivity index (χ4v) is 4.57. The average Bonchev–Trinajstić information content (AvgIpc) is 2.95. The molecular weight excluding hydrogens is 361 g/mol. The lowest BCUT2D eigenvalue weighted by Crippen LogP contribution is -2.44. The number of hydrogen-bond acceptors (Lipinski definition) is 4. The van der Waals surface area contributed by atoms with Crippen LogP contribution in [0.1, 0.15) is 12.1 Å². The highest BCUT2D eigenvalue weighted by Gasteiger charge is 2.42. The minimum absolute atomic E-state index is 0.0181. The van der Waals surface area contributed by atoms with Gasteiger partial charge in [-0.3, -0.25) is 9.48 Å². The van der Waals surface area contributed by atoms with Gasteiger partial charge in [0.05, 0.1) is 5.69 Å². The Hall–Kier alpha value is -1.33. The van der Waals surface area contributed by atoms with Gasteiger partial charge in [0.25, 0.3) is 0 Å². The van der Waals surface area contributed by atoms with E-state index in [1.165, 1.54) is 18.7 Å². The van der Waals surface area contributed by atoms with E-state index in [1.807, 2.05) is 0 Å². The summed E-state index contributed by atoms with van der Waals surface area (Å²) in [6.45, 7) is 1.20. The number of sulfonamides is 1. The zero-order valence-corrected chi connectivity index (χ0v) is 13.8. The van der Waals surface area contributed by atoms with E-state index in [0.717, 1.165) is 4.31 Å². The van der Waals surface area contributed by atoms with Gasteiger partial charge < -0.3 is 5.32 Å². The van der Waals surface area contributed by atoms with Crippen LogP contribution < -0.4 is 5.32 Å². The first-order chi connectivity index (χ1) is 10.4. The van der Waals surface area contributed by atoms with Crippen LogP contribution in [0.4, 0.5) is 13.2 Å². The van der Waals surface area contributed by atoms with Crippen LogP contribution in [-0.2, 0) is 21.9 Å². The number of carbonyl (C=O) groups excluding carboxylic acids is 1. The van der Waals surface area contributed by atoms with E-state index in [2.05, 4.69) is 5.10 Å². The molecule has 0 radical (unpaired) electrons. The Morgan fingerprint density at radius 1 is 1.43 bits per heavy atom. The predicted octanol–water partition coefficient (Wildman–Crippen LogP) is 0.823. The third kappa shape index (κ3) is 3.45. The Kier molecular flexibility index (Phi) is 4.66. The van der Waals surface area contributed by atoms with Gasteiger partial charge in [0.2, 0.25) is 10.0 Å². The number of rotatable bonds is 3. The molecular formula is C11H14ClF3N4O3S. The topological polar surface area (TPSA) is 84.3 Å². The molecule has 0 bridgehead atoms. The van der Waals surface area contributed by atoms with Gasteiger partial charge in [-0.25, -0.2) is 8.42 Å². The number of nitrogens with zero attached hydrogens (tertiary/aromatic N) is 3. The Morgan fingerprint density at radius 2 is 2.04 bits per heavy atom. The summed E-state index contributed by atoms with van der Waals surface area (Å²) in [4.78, 5) is 10.7. The maximum atomic E-state index is 12.6. The van der Waals surface area contributed by atoms with Crippen LogP contribution in [0.15, 0.2) is 4.90 Å². The molecule has 1 amide bonds. The van der Waals surface area contributed by atoms with Gasteiger partial charge in [-0.2, -0.15) is 22.6 Å². The molecule has 0 aromatic carbocycles. The Bertz CT molecular complexity index is 732. The fourth-order valence-electron chi connectivity index (χ4n) is 2.36. The first-order valence-corrected chi connectivity index (χ1v) is 8.33. The number of aryl methyl sites for hydroxylation is 2. The summed E-state index contributed by atoms with van der Waals surface area (Å²) in [6, 6.07) is -0.908. The molecule has 0 spiro atoms. The van der Waals surface area contributed by atoms with Crippen LogP contribution in [0, 0.1) is 6.92 Å². The van der Waals surface area contributed by atoms with Crippen molar-refractivity contribution in [3.05, 3.63) is 10.8 Å². The molecule has 1 aromatic rings. The van der Waals surface area contributed by atoms with E-state index in [4.69, 9.17) is 11.6 Å². The standard InChI is InChI=1S/C11H14ClF3N4O3S/c1-6-8(9(12)18(2)17-6)23(21,22)19-4-3-7(5-19)16-10(20)11(13,14)15/h7H,3-5H2,1-2H3,(H,16,20). The van der Waals surface area contributed by atoms with Gasteiger partial charge in [-0.05, 0) is 13.3 Å². The maximum Gasteiger partial charge on any atom is 0.471 e. The summed E-state index contributed by atoms with van der Waals surface area (Å²) in [6.07, 6.45) is -4.92. The third-order valence-electron chi connectivity index (χ3n) is 3.44. The number of amides is 1. The van der Waals surface area contributed by atoms with Crippen molar-refractivity contribution in [1.82, 2.24) is 19.4 Å². The second kappa shape index (κ2) is 5.95. The van der Waals surface area contributed by atoms with Crippen molar-refractivity contribution in [2.75, 3.05) is 13.1 Å². The summed E-state index contributed by atoms with van der Waals surface area (Å²) in [5.41, 5.74) is 0.195.